The summed E-state index contributed by atoms with van der Waals surface area (Å²) in [5, 5.41) is 4.27. The second kappa shape index (κ2) is 10.3. The number of nitrogens with zero attached hydrogens (tertiary/aromatic N) is 1. The van der Waals surface area contributed by atoms with Gasteiger partial charge in [-0.05, 0) is 56.3 Å². The third-order valence-corrected chi connectivity index (χ3v) is 5.39. The number of aryl methyl sites for hydroxylation is 1. The summed E-state index contributed by atoms with van der Waals surface area (Å²) in [7, 11) is 0. The molecule has 0 aliphatic carbocycles. The summed E-state index contributed by atoms with van der Waals surface area (Å²) in [6.45, 7) is 5.32. The smallest absolute Gasteiger partial charge is 0.220 e. The van der Waals surface area contributed by atoms with E-state index in [-0.39, 0.29) is 5.91 Å². The molecule has 0 aromatic heterocycles. The van der Waals surface area contributed by atoms with Crippen LogP contribution in [0.1, 0.15) is 51.0 Å². The van der Waals surface area contributed by atoms with E-state index in [1.807, 2.05) is 12.1 Å². The Balaban J connectivity index is 1.62. The van der Waals surface area contributed by atoms with E-state index in [1.165, 1.54) is 32.2 Å². The topological polar surface area (TPSA) is 32.3 Å². The Labute approximate surface area is 155 Å². The van der Waals surface area contributed by atoms with Crippen LogP contribution in [0, 0.1) is 0 Å². The van der Waals surface area contributed by atoms with Crippen molar-refractivity contribution in [3.05, 3.63) is 33.8 Å². The normalized spacial score (nSPS) is 18.5. The first kappa shape index (κ1) is 19.6. The Morgan fingerprint density at radius 1 is 1.33 bits per heavy atom. The predicted octanol–water partition coefficient (Wildman–Crippen LogP) is 4.70. The van der Waals surface area contributed by atoms with Gasteiger partial charge in [-0.15, -0.1) is 0 Å². The second-order valence-electron chi connectivity index (χ2n) is 6.53. The molecular weight excluding hydrogens is 343 g/mol. The van der Waals surface area contributed by atoms with Crippen molar-refractivity contribution >= 4 is 29.1 Å². The highest BCUT2D eigenvalue weighted by molar-refractivity contribution is 6.35. The fraction of sp³-hybridized carbons (Fsp3) is 0.632. The highest BCUT2D eigenvalue weighted by Crippen LogP contribution is 2.22. The minimum atomic E-state index is 0.0895. The number of rotatable bonds is 8. The maximum Gasteiger partial charge on any atom is 0.220 e. The summed E-state index contributed by atoms with van der Waals surface area (Å²) >= 11 is 12.0. The van der Waals surface area contributed by atoms with Crippen LogP contribution in [0.25, 0.3) is 0 Å². The SMILES string of the molecule is CC[C@H]1CCCCN1CCCNC(=O)CCc1ccc(Cl)cc1Cl. The van der Waals surface area contributed by atoms with Gasteiger partial charge in [-0.2, -0.15) is 0 Å². The van der Waals surface area contributed by atoms with Crippen molar-refractivity contribution in [3.63, 3.8) is 0 Å². The summed E-state index contributed by atoms with van der Waals surface area (Å²) < 4.78 is 0. The first-order valence-corrected chi connectivity index (χ1v) is 9.80. The zero-order valence-corrected chi connectivity index (χ0v) is 16.0. The van der Waals surface area contributed by atoms with Gasteiger partial charge in [0.15, 0.2) is 0 Å². The third kappa shape index (κ3) is 6.27. The van der Waals surface area contributed by atoms with Crippen molar-refractivity contribution in [1.82, 2.24) is 10.2 Å². The Kier molecular flexibility index (Phi) is 8.37. The van der Waals surface area contributed by atoms with E-state index in [0.29, 0.717) is 22.9 Å². The number of carbonyl (C=O) groups excluding carboxylic acids is 1. The van der Waals surface area contributed by atoms with Gasteiger partial charge in [0.2, 0.25) is 5.91 Å². The largest absolute Gasteiger partial charge is 0.356 e. The zero-order valence-electron chi connectivity index (χ0n) is 14.5. The van der Waals surface area contributed by atoms with Gasteiger partial charge in [0.1, 0.15) is 0 Å². The van der Waals surface area contributed by atoms with E-state index < -0.39 is 0 Å². The lowest BCUT2D eigenvalue weighted by Gasteiger charge is -2.35. The van der Waals surface area contributed by atoms with Crippen LogP contribution in [0.2, 0.25) is 10.0 Å². The Hall–Kier alpha value is -0.770. The molecule has 24 heavy (non-hydrogen) atoms. The van der Waals surface area contributed by atoms with Gasteiger partial charge >= 0.3 is 0 Å². The monoisotopic (exact) mass is 370 g/mol. The van der Waals surface area contributed by atoms with Crippen LogP contribution in [-0.4, -0.2) is 36.5 Å². The van der Waals surface area contributed by atoms with Crippen LogP contribution in [0.4, 0.5) is 0 Å². The highest BCUT2D eigenvalue weighted by atomic mass is 35.5. The van der Waals surface area contributed by atoms with Gasteiger partial charge in [0.05, 0.1) is 0 Å². The van der Waals surface area contributed by atoms with Gasteiger partial charge in [-0.3, -0.25) is 4.79 Å². The molecule has 2 rings (SSSR count). The van der Waals surface area contributed by atoms with Crippen LogP contribution >= 0.6 is 23.2 Å². The average molecular weight is 371 g/mol. The van der Waals surface area contributed by atoms with Crippen molar-refractivity contribution in [3.8, 4) is 0 Å². The fourth-order valence-corrected chi connectivity index (χ4v) is 3.89. The number of hydrogen-bond donors (Lipinski definition) is 1. The van der Waals surface area contributed by atoms with Crippen molar-refractivity contribution in [2.45, 2.75) is 57.9 Å². The van der Waals surface area contributed by atoms with E-state index in [9.17, 15) is 4.79 Å². The molecule has 3 nitrogen and oxygen atoms in total. The molecule has 0 bridgehead atoms. The number of nitrogens with one attached hydrogen (secondary N) is 1. The zero-order chi connectivity index (χ0) is 17.4. The molecule has 1 atom stereocenters. The number of carbonyl (C=O) groups is 1. The van der Waals surface area contributed by atoms with E-state index in [2.05, 4.69) is 17.1 Å². The molecule has 1 aromatic rings. The number of amides is 1. The minimum Gasteiger partial charge on any atom is -0.356 e. The molecule has 1 N–H and O–H groups in total. The number of halogens is 2. The quantitative estimate of drug-likeness (QED) is 0.672. The lowest BCUT2D eigenvalue weighted by atomic mass is 10.00. The molecule has 1 aliphatic heterocycles. The first-order chi connectivity index (χ1) is 11.6. The molecule has 0 saturated carbocycles. The van der Waals surface area contributed by atoms with Gasteiger partial charge in [0.25, 0.3) is 0 Å². The van der Waals surface area contributed by atoms with Crippen LogP contribution < -0.4 is 5.32 Å². The molecule has 1 saturated heterocycles. The molecule has 134 valence electrons. The van der Waals surface area contributed by atoms with Gasteiger partial charge in [-0.25, -0.2) is 0 Å². The molecule has 1 aromatic carbocycles. The van der Waals surface area contributed by atoms with Crippen LogP contribution in [-0.2, 0) is 11.2 Å². The molecule has 5 heteroatoms. The third-order valence-electron chi connectivity index (χ3n) is 4.80. The van der Waals surface area contributed by atoms with Crippen molar-refractivity contribution in [1.29, 1.82) is 0 Å². The maximum atomic E-state index is 12.0. The van der Waals surface area contributed by atoms with Gasteiger partial charge in [-0.1, -0.05) is 42.6 Å². The molecular formula is C19H28Cl2N2O. The lowest BCUT2D eigenvalue weighted by molar-refractivity contribution is -0.121. The number of benzene rings is 1. The summed E-state index contributed by atoms with van der Waals surface area (Å²) in [6, 6.07) is 6.16. The van der Waals surface area contributed by atoms with Crippen LogP contribution in [0.15, 0.2) is 18.2 Å². The van der Waals surface area contributed by atoms with Crippen molar-refractivity contribution in [2.75, 3.05) is 19.6 Å². The number of hydrogen-bond acceptors (Lipinski definition) is 2. The van der Waals surface area contributed by atoms with Crippen LogP contribution in [0.3, 0.4) is 0 Å². The Morgan fingerprint density at radius 3 is 2.92 bits per heavy atom. The number of likely N-dealkylation sites (tertiary alicyclic amines) is 1. The van der Waals surface area contributed by atoms with E-state index in [0.717, 1.165) is 31.1 Å². The molecule has 1 aliphatic rings. The van der Waals surface area contributed by atoms with Gasteiger partial charge in [0, 0.05) is 35.6 Å². The fourth-order valence-electron chi connectivity index (χ4n) is 3.39. The molecule has 1 fully saturated rings. The lowest BCUT2D eigenvalue weighted by Crippen LogP contribution is -2.40. The standard InChI is InChI=1S/C19H28Cl2N2O/c1-2-17-6-3-4-12-23(17)13-5-11-22-19(24)10-8-15-7-9-16(20)14-18(15)21/h7,9,14,17H,2-6,8,10-13H2,1H3,(H,22,24)/t17-/m0/s1. The highest BCUT2D eigenvalue weighted by Gasteiger charge is 2.19. The first-order valence-electron chi connectivity index (χ1n) is 9.05. The van der Waals surface area contributed by atoms with Crippen LogP contribution in [0.5, 0.6) is 0 Å². The molecule has 0 radical (unpaired) electrons. The van der Waals surface area contributed by atoms with E-state index >= 15 is 0 Å². The minimum absolute atomic E-state index is 0.0895. The second-order valence-corrected chi connectivity index (χ2v) is 7.38. The van der Waals surface area contributed by atoms with Gasteiger partial charge < -0.3 is 10.2 Å². The maximum absolute atomic E-state index is 12.0. The van der Waals surface area contributed by atoms with E-state index in [4.69, 9.17) is 23.2 Å². The summed E-state index contributed by atoms with van der Waals surface area (Å²) in [6.07, 6.45) is 7.35. The summed E-state index contributed by atoms with van der Waals surface area (Å²) in [4.78, 5) is 14.6. The molecule has 1 amide bonds. The van der Waals surface area contributed by atoms with Crippen molar-refractivity contribution in [2.24, 2.45) is 0 Å². The average Bonchev–Trinajstić information content (AvgIpc) is 2.58. The Bertz CT molecular complexity index is 536. The summed E-state index contributed by atoms with van der Waals surface area (Å²) in [5.74, 6) is 0.0895. The Morgan fingerprint density at radius 2 is 2.17 bits per heavy atom. The number of piperidine rings is 1. The van der Waals surface area contributed by atoms with Crippen molar-refractivity contribution < 1.29 is 4.79 Å². The molecule has 0 unspecified atom stereocenters. The summed E-state index contributed by atoms with van der Waals surface area (Å²) in [5.41, 5.74) is 0.968. The molecule has 0 spiro atoms. The van der Waals surface area contributed by atoms with E-state index in [1.54, 1.807) is 6.07 Å². The molecule has 1 heterocycles. The predicted molar refractivity (Wildman–Crippen MR) is 102 cm³/mol.